The fraction of sp³-hybridized carbons (Fsp3) is 0.776. The molecule has 0 amide bonds. The number of phosphoric ester groups is 1. The molecule has 3 N–H and O–H groups in total. The number of carbonyl (C=O) groups excluding carboxylic acids is 1. The van der Waals surface area contributed by atoms with Gasteiger partial charge >= 0.3 is 13.8 Å². The van der Waals surface area contributed by atoms with Gasteiger partial charge in [0.15, 0.2) is 0 Å². The quantitative estimate of drug-likeness (QED) is 0.0269. The summed E-state index contributed by atoms with van der Waals surface area (Å²) in [6.07, 6.45) is 56.9. The largest absolute Gasteiger partial charge is 0.472 e. The third kappa shape index (κ3) is 45.3. The van der Waals surface area contributed by atoms with Crippen LogP contribution in [0.2, 0.25) is 0 Å². The van der Waals surface area contributed by atoms with Gasteiger partial charge in [-0.15, -0.1) is 0 Å². The maximum absolute atomic E-state index is 12.6. The van der Waals surface area contributed by atoms with Gasteiger partial charge in [0.25, 0.3) is 0 Å². The lowest BCUT2D eigenvalue weighted by Gasteiger charge is -2.20. The van der Waals surface area contributed by atoms with Crippen molar-refractivity contribution in [1.29, 1.82) is 0 Å². The van der Waals surface area contributed by atoms with Crippen molar-refractivity contribution < 1.29 is 32.8 Å². The monoisotopic (exact) mass is 836 g/mol. The standard InChI is InChI=1S/C49H90NO7P/c1-3-5-7-9-11-13-15-17-18-19-20-21-22-23-24-25-26-27-28-29-31-33-35-37-39-41-44-54-46-48(47-56-58(52,53)55-45-43-50)57-49(51)42-40-38-36-34-32-30-16-14-12-10-8-6-4-2/h6,8,12,14-15,17,19-20,30,32,48H,3-5,7,9-11,13,16,18,21-29,31,33-47,50H2,1-2H3,(H,52,53)/b8-6-,14-12-,17-15-,20-19-,32-30-. The molecule has 0 aromatic heterocycles. The molecule has 0 aliphatic heterocycles. The molecule has 58 heavy (non-hydrogen) atoms. The minimum Gasteiger partial charge on any atom is -0.457 e. The van der Waals surface area contributed by atoms with E-state index in [-0.39, 0.29) is 38.8 Å². The molecule has 0 heterocycles. The van der Waals surface area contributed by atoms with Crippen molar-refractivity contribution >= 4 is 13.8 Å². The van der Waals surface area contributed by atoms with Crippen LogP contribution < -0.4 is 5.73 Å². The molecule has 9 heteroatoms. The average molecular weight is 836 g/mol. The maximum atomic E-state index is 12.6. The summed E-state index contributed by atoms with van der Waals surface area (Å²) in [5.41, 5.74) is 5.37. The Kier molecular flexibility index (Phi) is 44.8. The molecule has 0 aliphatic carbocycles. The van der Waals surface area contributed by atoms with Gasteiger partial charge in [-0.05, 0) is 77.0 Å². The summed E-state index contributed by atoms with van der Waals surface area (Å²) in [7, 11) is -4.29. The second-order valence-electron chi connectivity index (χ2n) is 15.6. The fourth-order valence-corrected chi connectivity index (χ4v) is 7.22. The van der Waals surface area contributed by atoms with Crippen molar-refractivity contribution in [2.45, 2.75) is 213 Å². The van der Waals surface area contributed by atoms with Crippen LogP contribution >= 0.6 is 7.82 Å². The molecular formula is C49H90NO7P. The lowest BCUT2D eigenvalue weighted by molar-refractivity contribution is -0.154. The Hall–Kier alpha value is -1.80. The molecular weight excluding hydrogens is 746 g/mol. The zero-order valence-corrected chi connectivity index (χ0v) is 38.4. The van der Waals surface area contributed by atoms with E-state index in [9.17, 15) is 14.3 Å². The van der Waals surface area contributed by atoms with Crippen LogP contribution in [-0.2, 0) is 27.9 Å². The molecule has 8 nitrogen and oxygen atoms in total. The summed E-state index contributed by atoms with van der Waals surface area (Å²) in [6, 6.07) is 0. The minimum atomic E-state index is -4.29. The van der Waals surface area contributed by atoms with Crippen molar-refractivity contribution in [3.05, 3.63) is 60.8 Å². The predicted octanol–water partition coefficient (Wildman–Crippen LogP) is 14.5. The first-order valence-corrected chi connectivity index (χ1v) is 25.3. The molecule has 0 aromatic rings. The van der Waals surface area contributed by atoms with E-state index in [4.69, 9.17) is 24.3 Å². The smallest absolute Gasteiger partial charge is 0.457 e. The van der Waals surface area contributed by atoms with Gasteiger partial charge in [-0.3, -0.25) is 13.8 Å². The Morgan fingerprint density at radius 1 is 0.534 bits per heavy atom. The van der Waals surface area contributed by atoms with E-state index in [1.807, 2.05) is 0 Å². The zero-order chi connectivity index (χ0) is 42.3. The molecule has 0 bridgehead atoms. The van der Waals surface area contributed by atoms with Gasteiger partial charge in [0, 0.05) is 19.6 Å². The fourth-order valence-electron chi connectivity index (χ4n) is 6.45. The van der Waals surface area contributed by atoms with E-state index in [1.54, 1.807) is 0 Å². The van der Waals surface area contributed by atoms with Crippen LogP contribution in [0.1, 0.15) is 206 Å². The van der Waals surface area contributed by atoms with Crippen LogP contribution in [0.5, 0.6) is 0 Å². The Bertz CT molecular complexity index is 1070. The summed E-state index contributed by atoms with van der Waals surface area (Å²) in [5, 5.41) is 0. The number of nitrogens with two attached hydrogens (primary N) is 1. The first kappa shape index (κ1) is 56.2. The van der Waals surface area contributed by atoms with E-state index < -0.39 is 13.9 Å². The second-order valence-corrected chi connectivity index (χ2v) is 17.0. The summed E-state index contributed by atoms with van der Waals surface area (Å²) in [5.74, 6) is -0.359. The van der Waals surface area contributed by atoms with Crippen molar-refractivity contribution in [3.63, 3.8) is 0 Å². The molecule has 0 rings (SSSR count). The molecule has 0 radical (unpaired) electrons. The number of ether oxygens (including phenoxy) is 2. The molecule has 0 fully saturated rings. The third-order valence-electron chi connectivity index (χ3n) is 9.92. The van der Waals surface area contributed by atoms with Gasteiger partial charge in [0.1, 0.15) is 6.10 Å². The van der Waals surface area contributed by atoms with Gasteiger partial charge < -0.3 is 20.1 Å². The summed E-state index contributed by atoms with van der Waals surface area (Å²) in [6.45, 7) is 4.76. The molecule has 2 unspecified atom stereocenters. The SMILES string of the molecule is CC/C=C\C/C=C\C/C=C\CCCCCC(=O)OC(COCCCCCCCCCCCCCCCC/C=C\C/C=C\CCCCCCC)COP(=O)(O)OCCN. The predicted molar refractivity (Wildman–Crippen MR) is 247 cm³/mol. The lowest BCUT2D eigenvalue weighted by atomic mass is 10.0. The lowest BCUT2D eigenvalue weighted by Crippen LogP contribution is -2.28. The normalized spacial score (nSPS) is 13.9. The first-order chi connectivity index (χ1) is 28.4. The third-order valence-corrected chi connectivity index (χ3v) is 10.9. The number of unbranched alkanes of at least 4 members (excludes halogenated alkanes) is 22. The highest BCUT2D eigenvalue weighted by Gasteiger charge is 2.25. The van der Waals surface area contributed by atoms with Crippen LogP contribution in [0.25, 0.3) is 0 Å². The highest BCUT2D eigenvalue weighted by Crippen LogP contribution is 2.43. The molecule has 0 saturated carbocycles. The Morgan fingerprint density at radius 3 is 1.45 bits per heavy atom. The highest BCUT2D eigenvalue weighted by molar-refractivity contribution is 7.47. The van der Waals surface area contributed by atoms with Gasteiger partial charge in [0.2, 0.25) is 0 Å². The van der Waals surface area contributed by atoms with Gasteiger partial charge in [-0.25, -0.2) is 4.57 Å². The molecule has 0 saturated heterocycles. The topological polar surface area (TPSA) is 117 Å². The number of esters is 1. The second kappa shape index (κ2) is 46.3. The summed E-state index contributed by atoms with van der Waals surface area (Å²) < 4.78 is 33.4. The first-order valence-electron chi connectivity index (χ1n) is 23.8. The summed E-state index contributed by atoms with van der Waals surface area (Å²) >= 11 is 0. The Balaban J connectivity index is 3.91. The molecule has 338 valence electrons. The van der Waals surface area contributed by atoms with Crippen molar-refractivity contribution in [1.82, 2.24) is 0 Å². The number of allylic oxidation sites excluding steroid dienone is 10. The number of phosphoric acid groups is 1. The highest BCUT2D eigenvalue weighted by atomic mass is 31.2. The van der Waals surface area contributed by atoms with E-state index >= 15 is 0 Å². The summed E-state index contributed by atoms with van der Waals surface area (Å²) in [4.78, 5) is 22.5. The average Bonchev–Trinajstić information content (AvgIpc) is 3.21. The van der Waals surface area contributed by atoms with E-state index in [1.165, 1.54) is 122 Å². The van der Waals surface area contributed by atoms with E-state index in [0.717, 1.165) is 64.2 Å². The van der Waals surface area contributed by atoms with Crippen LogP contribution in [0.4, 0.5) is 0 Å². The van der Waals surface area contributed by atoms with E-state index in [0.29, 0.717) is 6.61 Å². The molecule has 0 spiro atoms. The Labute approximate surface area is 357 Å². The van der Waals surface area contributed by atoms with Crippen LogP contribution in [0.15, 0.2) is 60.8 Å². The number of rotatable bonds is 45. The minimum absolute atomic E-state index is 0.0935. The zero-order valence-electron chi connectivity index (χ0n) is 37.5. The van der Waals surface area contributed by atoms with Crippen molar-refractivity contribution in [3.8, 4) is 0 Å². The molecule has 0 aromatic carbocycles. The number of hydrogen-bond donors (Lipinski definition) is 2. The Morgan fingerprint density at radius 2 is 0.966 bits per heavy atom. The van der Waals surface area contributed by atoms with Gasteiger partial charge in [0.05, 0.1) is 19.8 Å². The van der Waals surface area contributed by atoms with Crippen molar-refractivity contribution in [2.24, 2.45) is 5.73 Å². The number of carbonyl (C=O) groups is 1. The molecule has 0 aliphatic rings. The van der Waals surface area contributed by atoms with Crippen LogP contribution in [-0.4, -0.2) is 49.9 Å². The van der Waals surface area contributed by atoms with Crippen LogP contribution in [0, 0.1) is 0 Å². The van der Waals surface area contributed by atoms with Gasteiger partial charge in [-0.2, -0.15) is 0 Å². The van der Waals surface area contributed by atoms with E-state index in [2.05, 4.69) is 74.6 Å². The van der Waals surface area contributed by atoms with Crippen molar-refractivity contribution in [2.75, 3.05) is 33.0 Å². The van der Waals surface area contributed by atoms with Gasteiger partial charge in [-0.1, -0.05) is 184 Å². The van der Waals surface area contributed by atoms with Crippen LogP contribution in [0.3, 0.4) is 0 Å². The number of hydrogen-bond acceptors (Lipinski definition) is 7. The molecule has 2 atom stereocenters. The maximum Gasteiger partial charge on any atom is 0.472 e.